The molecule has 0 radical (unpaired) electrons. The lowest BCUT2D eigenvalue weighted by molar-refractivity contribution is 0.0706. The van der Waals surface area contributed by atoms with E-state index in [0.717, 1.165) is 36.3 Å². The smallest absolute Gasteiger partial charge is 0.257 e. The van der Waals surface area contributed by atoms with Gasteiger partial charge in [0, 0.05) is 36.5 Å². The van der Waals surface area contributed by atoms with Crippen molar-refractivity contribution in [3.05, 3.63) is 90.0 Å². The van der Waals surface area contributed by atoms with Crippen molar-refractivity contribution in [2.24, 2.45) is 0 Å². The number of amides is 1. The molecule has 0 spiro atoms. The molecule has 0 saturated carbocycles. The molecule has 1 aliphatic rings. The first-order chi connectivity index (χ1) is 15.2. The normalized spacial score (nSPS) is 16.4. The highest BCUT2D eigenvalue weighted by Gasteiger charge is 2.29. The van der Waals surface area contributed by atoms with Crippen molar-refractivity contribution in [3.63, 3.8) is 0 Å². The van der Waals surface area contributed by atoms with Crippen LogP contribution in [0.5, 0.6) is 0 Å². The fourth-order valence-electron chi connectivity index (χ4n) is 4.43. The largest absolute Gasteiger partial charge is 0.338 e. The van der Waals surface area contributed by atoms with Crippen LogP contribution in [-0.4, -0.2) is 43.9 Å². The summed E-state index contributed by atoms with van der Waals surface area (Å²) in [5.41, 5.74) is 6.23. The van der Waals surface area contributed by atoms with Gasteiger partial charge in [-0.2, -0.15) is 10.2 Å². The fraction of sp³-hybridized carbons (Fsp3) is 0.240. The molecule has 31 heavy (non-hydrogen) atoms. The first-order valence-electron chi connectivity index (χ1n) is 10.7. The molecule has 1 saturated heterocycles. The summed E-state index contributed by atoms with van der Waals surface area (Å²) in [5.74, 6) is 0.266. The van der Waals surface area contributed by atoms with Crippen molar-refractivity contribution in [1.82, 2.24) is 24.9 Å². The molecule has 1 fully saturated rings. The Labute approximate surface area is 181 Å². The second kappa shape index (κ2) is 8.22. The van der Waals surface area contributed by atoms with Gasteiger partial charge in [0.2, 0.25) is 0 Å². The van der Waals surface area contributed by atoms with Crippen LogP contribution in [0.15, 0.2) is 73.2 Å². The van der Waals surface area contributed by atoms with Crippen molar-refractivity contribution in [2.75, 3.05) is 13.1 Å². The Morgan fingerprint density at radius 3 is 2.68 bits per heavy atom. The summed E-state index contributed by atoms with van der Waals surface area (Å²) in [6.07, 6.45) is 7.38. The van der Waals surface area contributed by atoms with Crippen LogP contribution >= 0.6 is 0 Å². The van der Waals surface area contributed by atoms with Crippen molar-refractivity contribution in [1.29, 1.82) is 0 Å². The van der Waals surface area contributed by atoms with Crippen LogP contribution in [-0.2, 0) is 0 Å². The van der Waals surface area contributed by atoms with E-state index in [4.69, 9.17) is 0 Å². The van der Waals surface area contributed by atoms with Gasteiger partial charge < -0.3 is 4.90 Å². The lowest BCUT2D eigenvalue weighted by Crippen LogP contribution is -2.39. The minimum absolute atomic E-state index is 0.0313. The summed E-state index contributed by atoms with van der Waals surface area (Å²) in [6, 6.07) is 18.2. The van der Waals surface area contributed by atoms with E-state index < -0.39 is 0 Å². The molecule has 0 bridgehead atoms. The second-order valence-corrected chi connectivity index (χ2v) is 8.11. The number of piperidine rings is 1. The van der Waals surface area contributed by atoms with Gasteiger partial charge in [-0.25, -0.2) is 4.68 Å². The van der Waals surface area contributed by atoms with Crippen LogP contribution < -0.4 is 0 Å². The number of aryl methyl sites for hydroxylation is 1. The van der Waals surface area contributed by atoms with E-state index in [1.54, 1.807) is 10.9 Å². The van der Waals surface area contributed by atoms with Crippen LogP contribution in [0.2, 0.25) is 0 Å². The van der Waals surface area contributed by atoms with Crippen LogP contribution in [0.25, 0.3) is 16.8 Å². The summed E-state index contributed by atoms with van der Waals surface area (Å²) in [6.45, 7) is 3.56. The Bertz CT molecular complexity index is 1190. The SMILES string of the molecule is Cc1ccccc1-c1cn[nH]c1[C@H]1CCCN(C(=O)c2cnn(-c3ccccc3)c2)C1. The van der Waals surface area contributed by atoms with E-state index in [9.17, 15) is 4.79 Å². The maximum atomic E-state index is 13.2. The van der Waals surface area contributed by atoms with Crippen LogP contribution in [0.4, 0.5) is 0 Å². The summed E-state index contributed by atoms with van der Waals surface area (Å²) in [4.78, 5) is 15.2. The zero-order valence-electron chi connectivity index (χ0n) is 17.5. The number of benzene rings is 2. The lowest BCUT2D eigenvalue weighted by atomic mass is 9.89. The number of likely N-dealkylation sites (tertiary alicyclic amines) is 1. The van der Waals surface area contributed by atoms with Crippen molar-refractivity contribution in [2.45, 2.75) is 25.7 Å². The van der Waals surface area contributed by atoms with Crippen molar-refractivity contribution < 1.29 is 4.79 Å². The highest BCUT2D eigenvalue weighted by atomic mass is 16.2. The molecular weight excluding hydrogens is 386 g/mol. The van der Waals surface area contributed by atoms with Gasteiger partial charge in [0.05, 0.1) is 23.6 Å². The molecule has 4 aromatic rings. The lowest BCUT2D eigenvalue weighted by Gasteiger charge is -2.32. The van der Waals surface area contributed by atoms with E-state index in [-0.39, 0.29) is 11.8 Å². The number of hydrogen-bond acceptors (Lipinski definition) is 3. The Hall–Kier alpha value is -3.67. The number of nitrogens with one attached hydrogen (secondary N) is 1. The number of carbonyl (C=O) groups is 1. The van der Waals surface area contributed by atoms with E-state index in [2.05, 4.69) is 46.5 Å². The summed E-state index contributed by atoms with van der Waals surface area (Å²) in [5, 5.41) is 11.9. The van der Waals surface area contributed by atoms with E-state index in [1.165, 1.54) is 11.1 Å². The fourth-order valence-corrected chi connectivity index (χ4v) is 4.43. The predicted octanol–water partition coefficient (Wildman–Crippen LogP) is 4.59. The second-order valence-electron chi connectivity index (χ2n) is 8.11. The van der Waals surface area contributed by atoms with Crippen molar-refractivity contribution in [3.8, 4) is 16.8 Å². The maximum absolute atomic E-state index is 13.2. The molecule has 6 nitrogen and oxygen atoms in total. The number of aromatic nitrogens is 4. The quantitative estimate of drug-likeness (QED) is 0.534. The molecule has 1 atom stereocenters. The minimum atomic E-state index is 0.0313. The highest BCUT2D eigenvalue weighted by Crippen LogP contribution is 2.34. The highest BCUT2D eigenvalue weighted by molar-refractivity contribution is 5.94. The maximum Gasteiger partial charge on any atom is 0.257 e. The third kappa shape index (κ3) is 3.77. The zero-order valence-corrected chi connectivity index (χ0v) is 17.5. The summed E-state index contributed by atoms with van der Waals surface area (Å²) < 4.78 is 1.75. The van der Waals surface area contributed by atoms with Gasteiger partial charge >= 0.3 is 0 Å². The number of nitrogens with zero attached hydrogens (tertiary/aromatic N) is 4. The number of para-hydroxylation sites is 1. The number of rotatable bonds is 4. The summed E-state index contributed by atoms with van der Waals surface area (Å²) >= 11 is 0. The first kappa shape index (κ1) is 19.3. The van der Waals surface area contributed by atoms with Gasteiger partial charge in [-0.3, -0.25) is 9.89 Å². The van der Waals surface area contributed by atoms with E-state index in [0.29, 0.717) is 12.1 Å². The third-order valence-corrected chi connectivity index (χ3v) is 6.07. The number of H-pyrrole nitrogens is 1. The van der Waals surface area contributed by atoms with E-state index >= 15 is 0 Å². The predicted molar refractivity (Wildman–Crippen MR) is 120 cm³/mol. The Balaban J connectivity index is 1.36. The number of aromatic amines is 1. The average molecular weight is 412 g/mol. The molecule has 0 unspecified atom stereocenters. The van der Waals surface area contributed by atoms with Gasteiger partial charge in [-0.15, -0.1) is 0 Å². The first-order valence-corrected chi connectivity index (χ1v) is 10.7. The molecule has 5 rings (SSSR count). The van der Waals surface area contributed by atoms with Gasteiger partial charge in [0.15, 0.2) is 0 Å². The molecule has 0 aliphatic carbocycles. The molecule has 1 amide bonds. The average Bonchev–Trinajstić information content (AvgIpc) is 3.50. The van der Waals surface area contributed by atoms with Crippen LogP contribution in [0.1, 0.15) is 40.4 Å². The number of carbonyl (C=O) groups excluding carboxylic acids is 1. The van der Waals surface area contributed by atoms with Gasteiger partial charge in [0.25, 0.3) is 5.91 Å². The molecule has 156 valence electrons. The van der Waals surface area contributed by atoms with Crippen molar-refractivity contribution >= 4 is 5.91 Å². The molecule has 3 heterocycles. The number of hydrogen-bond donors (Lipinski definition) is 1. The Morgan fingerprint density at radius 2 is 1.84 bits per heavy atom. The monoisotopic (exact) mass is 411 g/mol. The standard InChI is InChI=1S/C25H25N5O/c1-18-8-5-6-12-22(18)23-15-26-28-24(23)19-9-7-13-29(16-19)25(31)20-14-27-30(17-20)21-10-3-2-4-11-21/h2-6,8,10-12,14-15,17,19H,7,9,13,16H2,1H3,(H,26,28)/t19-/m0/s1. The molecule has 2 aromatic carbocycles. The van der Waals surface area contributed by atoms with Crippen LogP contribution in [0.3, 0.4) is 0 Å². The molecule has 1 aliphatic heterocycles. The third-order valence-electron chi connectivity index (χ3n) is 6.07. The minimum Gasteiger partial charge on any atom is -0.338 e. The summed E-state index contributed by atoms with van der Waals surface area (Å²) in [7, 11) is 0. The molecular formula is C25H25N5O. The van der Waals surface area contributed by atoms with E-state index in [1.807, 2.05) is 47.6 Å². The Morgan fingerprint density at radius 1 is 1.03 bits per heavy atom. The van der Waals surface area contributed by atoms with Gasteiger partial charge in [-0.1, -0.05) is 42.5 Å². The zero-order chi connectivity index (χ0) is 21.2. The molecule has 1 N–H and O–H groups in total. The molecule has 6 heteroatoms. The van der Waals surface area contributed by atoms with Gasteiger partial charge in [-0.05, 0) is 43.0 Å². The topological polar surface area (TPSA) is 66.8 Å². The van der Waals surface area contributed by atoms with Crippen LogP contribution in [0, 0.1) is 6.92 Å². The Kier molecular flexibility index (Phi) is 5.12. The molecule has 2 aromatic heterocycles. The van der Waals surface area contributed by atoms with Gasteiger partial charge in [0.1, 0.15) is 0 Å².